The molecule has 122 valence electrons. The van der Waals surface area contributed by atoms with E-state index in [0.29, 0.717) is 10.7 Å². The maximum absolute atomic E-state index is 12.9. The molecule has 1 amide bonds. The number of nitrogens with zero attached hydrogens (tertiary/aromatic N) is 1. The zero-order valence-corrected chi connectivity index (χ0v) is 14.6. The molecule has 1 aromatic heterocycles. The second kappa shape index (κ2) is 6.62. The number of anilines is 1. The first-order valence-corrected chi connectivity index (χ1v) is 8.41. The number of halogens is 1. The van der Waals surface area contributed by atoms with Crippen LogP contribution in [0, 0.1) is 19.7 Å². The van der Waals surface area contributed by atoms with E-state index in [9.17, 15) is 9.18 Å². The molecule has 0 aliphatic rings. The lowest BCUT2D eigenvalue weighted by molar-refractivity contribution is 0.0977. The number of rotatable bonds is 2. The van der Waals surface area contributed by atoms with E-state index in [1.165, 1.54) is 35.6 Å². The van der Waals surface area contributed by atoms with Gasteiger partial charge in [0.25, 0.3) is 5.91 Å². The fourth-order valence-electron chi connectivity index (χ4n) is 2.22. The second-order valence-corrected chi connectivity index (χ2v) is 6.72. The minimum absolute atomic E-state index is 0.152. The fraction of sp³-hybridized carbons (Fsp3) is 0.118. The summed E-state index contributed by atoms with van der Waals surface area (Å²) < 4.78 is 14.0. The van der Waals surface area contributed by atoms with Crippen molar-refractivity contribution in [2.24, 2.45) is 0 Å². The highest BCUT2D eigenvalue weighted by atomic mass is 32.1. The van der Waals surface area contributed by atoms with Crippen molar-refractivity contribution >= 4 is 49.9 Å². The van der Waals surface area contributed by atoms with Crippen LogP contribution in [-0.4, -0.2) is 16.0 Å². The van der Waals surface area contributed by atoms with Crippen LogP contribution in [0.1, 0.15) is 21.5 Å². The Bertz CT molecular complexity index is 896. The van der Waals surface area contributed by atoms with Crippen LogP contribution in [0.2, 0.25) is 0 Å². The lowest BCUT2D eigenvalue weighted by Gasteiger charge is -2.07. The number of hydrogen-bond donors (Lipinski definition) is 2. The molecule has 7 heteroatoms. The minimum Gasteiger partial charge on any atom is -0.308 e. The molecule has 0 spiro atoms. The lowest BCUT2D eigenvalue weighted by atomic mass is 10.1. The van der Waals surface area contributed by atoms with E-state index in [2.05, 4.69) is 15.6 Å². The number of nitrogens with one attached hydrogen (secondary N) is 2. The maximum atomic E-state index is 12.9. The van der Waals surface area contributed by atoms with Gasteiger partial charge in [0.05, 0.1) is 10.2 Å². The van der Waals surface area contributed by atoms with Gasteiger partial charge < -0.3 is 5.32 Å². The summed E-state index contributed by atoms with van der Waals surface area (Å²) in [5.74, 6) is -0.798. The Morgan fingerprint density at radius 3 is 2.46 bits per heavy atom. The van der Waals surface area contributed by atoms with Gasteiger partial charge in [-0.25, -0.2) is 9.37 Å². The molecule has 1 heterocycles. The summed E-state index contributed by atoms with van der Waals surface area (Å²) in [6.07, 6.45) is 0. The number of carbonyl (C=O) groups excluding carboxylic acids is 1. The number of carbonyl (C=O) groups is 1. The van der Waals surface area contributed by atoms with E-state index in [-0.39, 0.29) is 5.11 Å². The Morgan fingerprint density at radius 2 is 1.79 bits per heavy atom. The Morgan fingerprint density at radius 1 is 1.12 bits per heavy atom. The summed E-state index contributed by atoms with van der Waals surface area (Å²) in [6, 6.07) is 9.33. The summed E-state index contributed by atoms with van der Waals surface area (Å²) in [5, 5.41) is 6.26. The van der Waals surface area contributed by atoms with Crippen LogP contribution < -0.4 is 10.6 Å². The van der Waals surface area contributed by atoms with Crippen molar-refractivity contribution in [1.29, 1.82) is 0 Å². The molecule has 0 bridgehead atoms. The number of fused-ring (bicyclic) bond motifs is 1. The first-order chi connectivity index (χ1) is 11.4. The first-order valence-electron chi connectivity index (χ1n) is 7.18. The number of amides is 1. The Balaban J connectivity index is 1.73. The van der Waals surface area contributed by atoms with Gasteiger partial charge in [0, 0.05) is 5.56 Å². The molecule has 0 saturated carbocycles. The largest absolute Gasteiger partial charge is 0.308 e. The van der Waals surface area contributed by atoms with Crippen LogP contribution in [-0.2, 0) is 0 Å². The zero-order valence-electron chi connectivity index (χ0n) is 13.0. The third kappa shape index (κ3) is 3.42. The fourth-order valence-corrected chi connectivity index (χ4v) is 3.49. The number of benzene rings is 2. The van der Waals surface area contributed by atoms with Gasteiger partial charge in [-0.2, -0.15) is 0 Å². The average Bonchev–Trinajstić information content (AvgIpc) is 2.96. The van der Waals surface area contributed by atoms with Gasteiger partial charge in [-0.1, -0.05) is 23.5 Å². The summed E-state index contributed by atoms with van der Waals surface area (Å²) >= 11 is 6.64. The smallest absolute Gasteiger partial charge is 0.257 e. The van der Waals surface area contributed by atoms with Crippen LogP contribution in [0.3, 0.4) is 0 Å². The SMILES string of the molecule is Cc1ccc(C)c2sc(NC(=S)NC(=O)c3ccc(F)cc3)nc12. The van der Waals surface area contributed by atoms with E-state index < -0.39 is 11.7 Å². The van der Waals surface area contributed by atoms with Crippen molar-refractivity contribution in [2.45, 2.75) is 13.8 Å². The van der Waals surface area contributed by atoms with Crippen molar-refractivity contribution in [1.82, 2.24) is 10.3 Å². The lowest BCUT2D eigenvalue weighted by Crippen LogP contribution is -2.34. The zero-order chi connectivity index (χ0) is 17.3. The van der Waals surface area contributed by atoms with Crippen molar-refractivity contribution in [3.05, 3.63) is 58.9 Å². The molecule has 0 atom stereocenters. The van der Waals surface area contributed by atoms with Crippen LogP contribution in [0.5, 0.6) is 0 Å². The van der Waals surface area contributed by atoms with Gasteiger partial charge in [-0.3, -0.25) is 10.1 Å². The number of thiocarbonyl (C=S) groups is 1. The standard InChI is InChI=1S/C17H14FN3OS2/c1-9-3-4-10(2)14-13(9)19-17(24-14)21-16(23)20-15(22)11-5-7-12(18)8-6-11/h3-8H,1-2H3,(H2,19,20,21,22,23). The molecule has 0 aliphatic heterocycles. The van der Waals surface area contributed by atoms with Crippen LogP contribution in [0.4, 0.5) is 9.52 Å². The molecule has 0 unspecified atom stereocenters. The molecule has 3 rings (SSSR count). The van der Waals surface area contributed by atoms with E-state index in [0.717, 1.165) is 21.3 Å². The Labute approximate surface area is 147 Å². The Hall–Kier alpha value is -2.38. The molecule has 2 N–H and O–H groups in total. The number of aryl methyl sites for hydroxylation is 2. The van der Waals surface area contributed by atoms with E-state index in [4.69, 9.17) is 12.2 Å². The third-order valence-corrected chi connectivity index (χ3v) is 4.81. The van der Waals surface area contributed by atoms with Gasteiger partial charge >= 0.3 is 0 Å². The van der Waals surface area contributed by atoms with Gasteiger partial charge in [0.2, 0.25) is 0 Å². The summed E-state index contributed by atoms with van der Waals surface area (Å²) in [4.78, 5) is 16.6. The summed E-state index contributed by atoms with van der Waals surface area (Å²) in [5.41, 5.74) is 3.48. The molecular weight excluding hydrogens is 345 g/mol. The molecule has 0 fully saturated rings. The van der Waals surface area contributed by atoms with Crippen molar-refractivity contribution in [3.63, 3.8) is 0 Å². The highest BCUT2D eigenvalue weighted by Gasteiger charge is 2.12. The van der Waals surface area contributed by atoms with Crippen molar-refractivity contribution < 1.29 is 9.18 Å². The monoisotopic (exact) mass is 359 g/mol. The van der Waals surface area contributed by atoms with E-state index >= 15 is 0 Å². The predicted molar refractivity (Wildman–Crippen MR) is 99.2 cm³/mol. The van der Waals surface area contributed by atoms with E-state index in [1.54, 1.807) is 0 Å². The van der Waals surface area contributed by atoms with Crippen molar-refractivity contribution in [2.75, 3.05) is 5.32 Å². The third-order valence-electron chi connectivity index (χ3n) is 3.50. The Kier molecular flexibility index (Phi) is 4.55. The number of hydrogen-bond acceptors (Lipinski definition) is 4. The van der Waals surface area contributed by atoms with Crippen LogP contribution in [0.15, 0.2) is 36.4 Å². The minimum atomic E-state index is -0.402. The molecular formula is C17H14FN3OS2. The second-order valence-electron chi connectivity index (χ2n) is 5.31. The molecule has 3 aromatic rings. The molecule has 0 radical (unpaired) electrons. The summed E-state index contributed by atoms with van der Waals surface area (Å²) in [7, 11) is 0. The highest BCUT2D eigenvalue weighted by molar-refractivity contribution is 7.80. The highest BCUT2D eigenvalue weighted by Crippen LogP contribution is 2.30. The van der Waals surface area contributed by atoms with Gasteiger partial charge in [0.1, 0.15) is 5.82 Å². The van der Waals surface area contributed by atoms with E-state index in [1.807, 2.05) is 26.0 Å². The quantitative estimate of drug-likeness (QED) is 0.674. The average molecular weight is 359 g/mol. The summed E-state index contributed by atoms with van der Waals surface area (Å²) in [6.45, 7) is 4.03. The number of thiazole rings is 1. The molecule has 0 aliphatic carbocycles. The van der Waals surface area contributed by atoms with Crippen molar-refractivity contribution in [3.8, 4) is 0 Å². The van der Waals surface area contributed by atoms with Gasteiger partial charge in [-0.15, -0.1) is 0 Å². The van der Waals surface area contributed by atoms with Crippen LogP contribution in [0.25, 0.3) is 10.2 Å². The predicted octanol–water partition coefficient (Wildman–Crippen LogP) is 4.18. The van der Waals surface area contributed by atoms with Gasteiger partial charge in [0.15, 0.2) is 10.2 Å². The van der Waals surface area contributed by atoms with Crippen LogP contribution >= 0.6 is 23.6 Å². The molecule has 24 heavy (non-hydrogen) atoms. The molecule has 0 saturated heterocycles. The molecule has 4 nitrogen and oxygen atoms in total. The molecule has 2 aromatic carbocycles. The normalized spacial score (nSPS) is 10.6. The van der Waals surface area contributed by atoms with Gasteiger partial charge in [-0.05, 0) is 61.5 Å². The first kappa shape index (κ1) is 16.5. The number of aromatic nitrogens is 1. The topological polar surface area (TPSA) is 54.0 Å². The maximum Gasteiger partial charge on any atom is 0.257 e.